The molecule has 0 aliphatic carbocycles. The molecule has 1 aliphatic rings. The average molecular weight is 334 g/mol. The van der Waals surface area contributed by atoms with Crippen molar-refractivity contribution in [3.05, 3.63) is 60.0 Å². The van der Waals surface area contributed by atoms with Crippen molar-refractivity contribution >= 4 is 22.5 Å². The molecule has 1 N–H and O–H groups in total. The van der Waals surface area contributed by atoms with Gasteiger partial charge >= 0.3 is 0 Å². The lowest BCUT2D eigenvalue weighted by molar-refractivity contribution is -0.130. The van der Waals surface area contributed by atoms with Crippen LogP contribution in [-0.4, -0.2) is 47.0 Å². The third-order valence-corrected chi connectivity index (χ3v) is 4.89. The Bertz CT molecular complexity index is 893. The van der Waals surface area contributed by atoms with Crippen LogP contribution in [0.4, 0.5) is 5.69 Å². The van der Waals surface area contributed by atoms with Crippen molar-refractivity contribution in [2.45, 2.75) is 13.3 Å². The second kappa shape index (κ2) is 6.59. The minimum absolute atomic E-state index is 0.204. The molecule has 1 amide bonds. The highest BCUT2D eigenvalue weighted by atomic mass is 16.2. The summed E-state index contributed by atoms with van der Waals surface area (Å²) in [6, 6.07) is 12.3. The SMILES string of the molecule is Cc1cc(N2CCN(C(=O)Cc3c[nH]c4ccccc34)CC2)ccn1. The van der Waals surface area contributed by atoms with Crippen LogP contribution in [0.25, 0.3) is 10.9 Å². The maximum atomic E-state index is 12.7. The van der Waals surface area contributed by atoms with Gasteiger partial charge in [0.15, 0.2) is 0 Å². The number of amides is 1. The monoisotopic (exact) mass is 334 g/mol. The minimum Gasteiger partial charge on any atom is -0.368 e. The molecule has 5 nitrogen and oxygen atoms in total. The van der Waals surface area contributed by atoms with E-state index in [1.165, 1.54) is 5.69 Å². The van der Waals surface area contributed by atoms with Crippen LogP contribution in [0.15, 0.2) is 48.8 Å². The number of para-hydroxylation sites is 1. The molecule has 0 saturated carbocycles. The van der Waals surface area contributed by atoms with Crippen molar-refractivity contribution in [1.82, 2.24) is 14.9 Å². The number of piperazine rings is 1. The number of fused-ring (bicyclic) bond motifs is 1. The number of rotatable bonds is 3. The molecule has 0 spiro atoms. The number of aromatic nitrogens is 2. The lowest BCUT2D eigenvalue weighted by Gasteiger charge is -2.36. The normalized spacial score (nSPS) is 14.9. The molecule has 5 heteroatoms. The van der Waals surface area contributed by atoms with Crippen LogP contribution in [-0.2, 0) is 11.2 Å². The predicted molar refractivity (Wildman–Crippen MR) is 99.8 cm³/mol. The van der Waals surface area contributed by atoms with Gasteiger partial charge in [0.1, 0.15) is 0 Å². The van der Waals surface area contributed by atoms with Crippen LogP contribution in [0.5, 0.6) is 0 Å². The number of nitrogens with one attached hydrogen (secondary N) is 1. The van der Waals surface area contributed by atoms with Crippen molar-refractivity contribution in [3.8, 4) is 0 Å². The molecule has 3 heterocycles. The molecule has 25 heavy (non-hydrogen) atoms. The fourth-order valence-electron chi connectivity index (χ4n) is 3.49. The van der Waals surface area contributed by atoms with Crippen molar-refractivity contribution in [3.63, 3.8) is 0 Å². The number of pyridine rings is 1. The van der Waals surface area contributed by atoms with Crippen molar-refractivity contribution < 1.29 is 4.79 Å². The number of hydrogen-bond acceptors (Lipinski definition) is 3. The molecule has 1 aliphatic heterocycles. The number of anilines is 1. The zero-order chi connectivity index (χ0) is 17.2. The summed E-state index contributed by atoms with van der Waals surface area (Å²) in [5.41, 5.74) is 4.38. The summed E-state index contributed by atoms with van der Waals surface area (Å²) < 4.78 is 0. The molecule has 0 atom stereocenters. The number of nitrogens with zero attached hydrogens (tertiary/aromatic N) is 3. The minimum atomic E-state index is 0.204. The van der Waals surface area contributed by atoms with Gasteiger partial charge in [-0.15, -0.1) is 0 Å². The van der Waals surface area contributed by atoms with Gasteiger partial charge in [-0.05, 0) is 30.7 Å². The molecule has 1 saturated heterocycles. The predicted octanol–water partition coefficient (Wildman–Crippen LogP) is 2.76. The maximum absolute atomic E-state index is 12.7. The van der Waals surface area contributed by atoms with Gasteiger partial charge in [0, 0.05) is 60.9 Å². The first-order valence-electron chi connectivity index (χ1n) is 8.71. The third kappa shape index (κ3) is 3.22. The number of aromatic amines is 1. The number of carbonyl (C=O) groups is 1. The first kappa shape index (κ1) is 15.7. The maximum Gasteiger partial charge on any atom is 0.227 e. The molecule has 0 radical (unpaired) electrons. The van der Waals surface area contributed by atoms with Gasteiger partial charge in [0.2, 0.25) is 5.91 Å². The first-order valence-corrected chi connectivity index (χ1v) is 8.71. The van der Waals surface area contributed by atoms with Crippen LogP contribution < -0.4 is 4.90 Å². The molecule has 1 fully saturated rings. The molecule has 4 rings (SSSR count). The number of H-pyrrole nitrogens is 1. The van der Waals surface area contributed by atoms with Crippen molar-refractivity contribution in [1.29, 1.82) is 0 Å². The number of benzene rings is 1. The van der Waals surface area contributed by atoms with Gasteiger partial charge in [-0.1, -0.05) is 18.2 Å². The van der Waals surface area contributed by atoms with Crippen LogP contribution in [0, 0.1) is 6.92 Å². The third-order valence-electron chi connectivity index (χ3n) is 4.89. The first-order chi connectivity index (χ1) is 12.2. The van der Waals surface area contributed by atoms with E-state index in [2.05, 4.69) is 27.0 Å². The van der Waals surface area contributed by atoms with Crippen molar-refractivity contribution in [2.75, 3.05) is 31.1 Å². The Morgan fingerprint density at radius 1 is 1.16 bits per heavy atom. The summed E-state index contributed by atoms with van der Waals surface area (Å²) in [5, 5.41) is 1.14. The highest BCUT2D eigenvalue weighted by Gasteiger charge is 2.22. The van der Waals surface area contributed by atoms with Gasteiger partial charge < -0.3 is 14.8 Å². The van der Waals surface area contributed by atoms with E-state index in [4.69, 9.17) is 0 Å². The Kier molecular flexibility index (Phi) is 4.14. The van der Waals surface area contributed by atoms with E-state index < -0.39 is 0 Å². The molecule has 128 valence electrons. The zero-order valence-corrected chi connectivity index (χ0v) is 14.4. The molecule has 0 bridgehead atoms. The van der Waals surface area contributed by atoms with Crippen LogP contribution >= 0.6 is 0 Å². The summed E-state index contributed by atoms with van der Waals surface area (Å²) in [4.78, 5) is 24.5. The van der Waals surface area contributed by atoms with E-state index >= 15 is 0 Å². The van der Waals surface area contributed by atoms with Gasteiger partial charge in [0.25, 0.3) is 0 Å². The molecule has 0 unspecified atom stereocenters. The molecule has 2 aromatic heterocycles. The summed E-state index contributed by atoms with van der Waals surface area (Å²) in [6.07, 6.45) is 4.26. The van der Waals surface area contributed by atoms with Gasteiger partial charge in [-0.25, -0.2) is 0 Å². The fourth-order valence-corrected chi connectivity index (χ4v) is 3.49. The Hall–Kier alpha value is -2.82. The van der Waals surface area contributed by atoms with E-state index in [9.17, 15) is 4.79 Å². The second-order valence-corrected chi connectivity index (χ2v) is 6.56. The Balaban J connectivity index is 1.40. The summed E-state index contributed by atoms with van der Waals surface area (Å²) in [5.74, 6) is 0.204. The fraction of sp³-hybridized carbons (Fsp3) is 0.300. The van der Waals surface area contributed by atoms with E-state index in [1.807, 2.05) is 48.5 Å². The standard InChI is InChI=1S/C20H22N4O/c1-15-12-17(6-7-21-15)23-8-10-24(11-9-23)20(25)13-16-14-22-19-5-3-2-4-18(16)19/h2-7,12,14,22H,8-11,13H2,1H3. The molecule has 3 aromatic rings. The van der Waals surface area contributed by atoms with Crippen LogP contribution in [0.1, 0.15) is 11.3 Å². The smallest absolute Gasteiger partial charge is 0.227 e. The quantitative estimate of drug-likeness (QED) is 0.801. The van der Waals surface area contributed by atoms with E-state index in [1.54, 1.807) is 0 Å². The Morgan fingerprint density at radius 2 is 1.96 bits per heavy atom. The van der Waals surface area contributed by atoms with Gasteiger partial charge in [-0.3, -0.25) is 9.78 Å². The molecule has 1 aromatic carbocycles. The summed E-state index contributed by atoms with van der Waals surface area (Å²) in [7, 11) is 0. The van der Waals surface area contributed by atoms with E-state index in [-0.39, 0.29) is 5.91 Å². The van der Waals surface area contributed by atoms with Crippen LogP contribution in [0.2, 0.25) is 0 Å². The number of aryl methyl sites for hydroxylation is 1. The Labute approximate surface area is 147 Å². The molecular weight excluding hydrogens is 312 g/mol. The summed E-state index contributed by atoms with van der Waals surface area (Å²) in [6.45, 7) is 5.27. The highest BCUT2D eigenvalue weighted by molar-refractivity contribution is 5.89. The number of hydrogen-bond donors (Lipinski definition) is 1. The van der Waals surface area contributed by atoms with Crippen LogP contribution in [0.3, 0.4) is 0 Å². The number of carbonyl (C=O) groups excluding carboxylic acids is 1. The zero-order valence-electron chi connectivity index (χ0n) is 14.4. The highest BCUT2D eigenvalue weighted by Crippen LogP contribution is 2.20. The van der Waals surface area contributed by atoms with E-state index in [0.717, 1.165) is 48.3 Å². The lowest BCUT2D eigenvalue weighted by Crippen LogP contribution is -2.49. The van der Waals surface area contributed by atoms with Crippen molar-refractivity contribution in [2.24, 2.45) is 0 Å². The Morgan fingerprint density at radius 3 is 2.76 bits per heavy atom. The largest absolute Gasteiger partial charge is 0.368 e. The second-order valence-electron chi connectivity index (χ2n) is 6.56. The van der Waals surface area contributed by atoms with Gasteiger partial charge in [0.05, 0.1) is 6.42 Å². The van der Waals surface area contributed by atoms with E-state index in [0.29, 0.717) is 6.42 Å². The lowest BCUT2D eigenvalue weighted by atomic mass is 10.1. The molecular formula is C20H22N4O. The average Bonchev–Trinajstić information content (AvgIpc) is 3.05. The van der Waals surface area contributed by atoms with Gasteiger partial charge in [-0.2, -0.15) is 0 Å². The topological polar surface area (TPSA) is 52.2 Å². The summed E-state index contributed by atoms with van der Waals surface area (Å²) >= 11 is 0.